The Morgan fingerprint density at radius 3 is 2.95 bits per heavy atom. The van der Waals surface area contributed by atoms with Crippen molar-refractivity contribution in [3.63, 3.8) is 0 Å². The molecule has 1 fully saturated rings. The fourth-order valence-electron chi connectivity index (χ4n) is 3.16. The minimum absolute atomic E-state index is 0.196. The van der Waals surface area contributed by atoms with Gasteiger partial charge in [-0.1, -0.05) is 18.2 Å². The number of nitrogens with zero attached hydrogens (tertiary/aromatic N) is 1. The Kier molecular flexibility index (Phi) is 6.40. The number of aryl methyl sites for hydroxylation is 1. The molecule has 22 heavy (non-hydrogen) atoms. The van der Waals surface area contributed by atoms with E-state index in [0.29, 0.717) is 19.7 Å². The summed E-state index contributed by atoms with van der Waals surface area (Å²) >= 11 is 0. The number of rotatable bonds is 6. The minimum Gasteiger partial charge on any atom is -0.383 e. The van der Waals surface area contributed by atoms with E-state index < -0.39 is 0 Å². The van der Waals surface area contributed by atoms with Gasteiger partial charge in [0.2, 0.25) is 5.91 Å². The molecule has 1 aliphatic rings. The van der Waals surface area contributed by atoms with E-state index >= 15 is 0 Å². The molecule has 4 heteroatoms. The number of amides is 1. The Morgan fingerprint density at radius 1 is 1.36 bits per heavy atom. The Bertz CT molecular complexity index is 502. The molecule has 0 saturated carbocycles. The summed E-state index contributed by atoms with van der Waals surface area (Å²) in [4.78, 5) is 14.6. The number of hydrogen-bond acceptors (Lipinski definition) is 3. The molecule has 0 spiro atoms. The number of hydrogen-bond donors (Lipinski definition) is 1. The zero-order valence-corrected chi connectivity index (χ0v) is 14.0. The van der Waals surface area contributed by atoms with E-state index in [1.165, 1.54) is 23.1 Å². The second-order valence-electron chi connectivity index (χ2n) is 6.06. The summed E-state index contributed by atoms with van der Waals surface area (Å²) in [6.07, 6.45) is 3.36. The van der Waals surface area contributed by atoms with E-state index in [-0.39, 0.29) is 11.9 Å². The van der Waals surface area contributed by atoms with Crippen LogP contribution in [0.15, 0.2) is 18.2 Å². The number of carbonyl (C=O) groups is 1. The predicted molar refractivity (Wildman–Crippen MR) is 89.0 cm³/mol. The van der Waals surface area contributed by atoms with Crippen LogP contribution in [-0.2, 0) is 9.53 Å². The van der Waals surface area contributed by atoms with Crippen LogP contribution in [0.1, 0.15) is 42.0 Å². The molecule has 122 valence electrons. The lowest BCUT2D eigenvalue weighted by Gasteiger charge is -2.37. The van der Waals surface area contributed by atoms with E-state index in [1.807, 2.05) is 0 Å². The lowest BCUT2D eigenvalue weighted by molar-refractivity contribution is -0.134. The zero-order chi connectivity index (χ0) is 15.9. The van der Waals surface area contributed by atoms with Crippen LogP contribution in [0.25, 0.3) is 0 Å². The molecule has 1 atom stereocenters. The maximum atomic E-state index is 12.6. The van der Waals surface area contributed by atoms with Crippen LogP contribution in [0.3, 0.4) is 0 Å². The summed E-state index contributed by atoms with van der Waals surface area (Å²) in [5, 5.41) is 3.17. The second-order valence-corrected chi connectivity index (χ2v) is 6.06. The summed E-state index contributed by atoms with van der Waals surface area (Å²) in [6.45, 7) is 6.91. The van der Waals surface area contributed by atoms with E-state index in [1.54, 1.807) is 7.11 Å². The lowest BCUT2D eigenvalue weighted by atomic mass is 9.90. The van der Waals surface area contributed by atoms with Gasteiger partial charge in [0.15, 0.2) is 0 Å². The van der Waals surface area contributed by atoms with Crippen LogP contribution < -0.4 is 5.32 Å². The first kappa shape index (κ1) is 17.0. The van der Waals surface area contributed by atoms with Gasteiger partial charge in [-0.05, 0) is 49.8 Å². The number of methoxy groups -OCH3 is 1. The Hall–Kier alpha value is -1.39. The minimum atomic E-state index is 0.196. The maximum Gasteiger partial charge on any atom is 0.237 e. The van der Waals surface area contributed by atoms with Gasteiger partial charge in [-0.2, -0.15) is 0 Å². The van der Waals surface area contributed by atoms with Crippen molar-refractivity contribution in [3.8, 4) is 0 Å². The predicted octanol–water partition coefficient (Wildman–Crippen LogP) is 2.59. The van der Waals surface area contributed by atoms with Gasteiger partial charge in [0.05, 0.1) is 19.2 Å². The highest BCUT2D eigenvalue weighted by atomic mass is 16.5. The topological polar surface area (TPSA) is 41.6 Å². The second kappa shape index (κ2) is 8.30. The monoisotopic (exact) mass is 304 g/mol. The molecule has 0 aromatic heterocycles. The van der Waals surface area contributed by atoms with Crippen LogP contribution in [0.5, 0.6) is 0 Å². The standard InChI is InChI=1S/C18H28N2O2/c1-14-7-6-8-16(15(14)2)17-9-4-5-11-20(17)18(21)13-19-10-12-22-3/h6-8,17,19H,4-5,9-13H2,1-3H3. The molecule has 4 nitrogen and oxygen atoms in total. The molecule has 1 saturated heterocycles. The average Bonchev–Trinajstić information content (AvgIpc) is 2.54. The molecule has 0 aliphatic carbocycles. The van der Waals surface area contributed by atoms with Gasteiger partial charge in [0.1, 0.15) is 0 Å². The van der Waals surface area contributed by atoms with Gasteiger partial charge in [-0.25, -0.2) is 0 Å². The maximum absolute atomic E-state index is 12.6. The number of ether oxygens (including phenoxy) is 1. The van der Waals surface area contributed by atoms with Gasteiger partial charge in [-0.3, -0.25) is 4.79 Å². The first-order valence-electron chi connectivity index (χ1n) is 8.20. The number of carbonyl (C=O) groups excluding carboxylic acids is 1. The van der Waals surface area contributed by atoms with Gasteiger partial charge in [0.25, 0.3) is 0 Å². The number of nitrogens with one attached hydrogen (secondary N) is 1. The zero-order valence-electron chi connectivity index (χ0n) is 14.0. The highest BCUT2D eigenvalue weighted by Gasteiger charge is 2.28. The first-order chi connectivity index (χ1) is 10.6. The molecule has 1 unspecified atom stereocenters. The van der Waals surface area contributed by atoms with Crippen molar-refractivity contribution in [2.45, 2.75) is 39.2 Å². The van der Waals surface area contributed by atoms with Crippen LogP contribution in [-0.4, -0.2) is 44.2 Å². The van der Waals surface area contributed by atoms with Crippen molar-refractivity contribution in [1.82, 2.24) is 10.2 Å². The van der Waals surface area contributed by atoms with Gasteiger partial charge in [0, 0.05) is 20.2 Å². The number of benzene rings is 1. The highest BCUT2D eigenvalue weighted by molar-refractivity contribution is 5.79. The molecule has 2 rings (SSSR count). The van der Waals surface area contributed by atoms with Gasteiger partial charge < -0.3 is 15.0 Å². The molecule has 1 heterocycles. The highest BCUT2D eigenvalue weighted by Crippen LogP contribution is 2.33. The summed E-state index contributed by atoms with van der Waals surface area (Å²) < 4.78 is 5.00. The SMILES string of the molecule is COCCNCC(=O)N1CCCCC1c1cccc(C)c1C. The van der Waals surface area contributed by atoms with Crippen LogP contribution in [0.4, 0.5) is 0 Å². The number of likely N-dealkylation sites (tertiary alicyclic amines) is 1. The largest absolute Gasteiger partial charge is 0.383 e. The molecule has 1 aromatic carbocycles. The number of piperidine rings is 1. The lowest BCUT2D eigenvalue weighted by Crippen LogP contribution is -2.43. The molecule has 1 N–H and O–H groups in total. The molecule has 0 bridgehead atoms. The third kappa shape index (κ3) is 4.08. The average molecular weight is 304 g/mol. The summed E-state index contributed by atoms with van der Waals surface area (Å²) in [5.41, 5.74) is 3.93. The van der Waals surface area contributed by atoms with Crippen LogP contribution in [0.2, 0.25) is 0 Å². The van der Waals surface area contributed by atoms with Crippen molar-refractivity contribution in [3.05, 3.63) is 34.9 Å². The Balaban J connectivity index is 2.07. The Labute approximate surface area is 133 Å². The van der Waals surface area contributed by atoms with E-state index in [2.05, 4.69) is 42.3 Å². The van der Waals surface area contributed by atoms with Crippen molar-refractivity contribution >= 4 is 5.91 Å². The third-order valence-electron chi connectivity index (χ3n) is 4.59. The van der Waals surface area contributed by atoms with Crippen molar-refractivity contribution in [2.24, 2.45) is 0 Å². The molecule has 0 radical (unpaired) electrons. The van der Waals surface area contributed by atoms with Gasteiger partial charge >= 0.3 is 0 Å². The molecular formula is C18H28N2O2. The normalized spacial score (nSPS) is 18.5. The van der Waals surface area contributed by atoms with E-state index in [9.17, 15) is 4.79 Å². The van der Waals surface area contributed by atoms with Crippen molar-refractivity contribution in [1.29, 1.82) is 0 Å². The summed E-state index contributed by atoms with van der Waals surface area (Å²) in [5.74, 6) is 0.196. The van der Waals surface area contributed by atoms with E-state index in [0.717, 1.165) is 19.4 Å². The van der Waals surface area contributed by atoms with Crippen molar-refractivity contribution < 1.29 is 9.53 Å². The fourth-order valence-corrected chi connectivity index (χ4v) is 3.16. The Morgan fingerprint density at radius 2 is 2.18 bits per heavy atom. The molecule has 1 amide bonds. The third-order valence-corrected chi connectivity index (χ3v) is 4.59. The quantitative estimate of drug-likeness (QED) is 0.821. The van der Waals surface area contributed by atoms with Crippen LogP contribution in [0, 0.1) is 13.8 Å². The summed E-state index contributed by atoms with van der Waals surface area (Å²) in [6, 6.07) is 6.65. The smallest absolute Gasteiger partial charge is 0.237 e. The summed E-state index contributed by atoms with van der Waals surface area (Å²) in [7, 11) is 1.67. The fraction of sp³-hybridized carbons (Fsp3) is 0.611. The van der Waals surface area contributed by atoms with Crippen LogP contribution >= 0.6 is 0 Å². The molecule has 1 aliphatic heterocycles. The van der Waals surface area contributed by atoms with Gasteiger partial charge in [-0.15, -0.1) is 0 Å². The van der Waals surface area contributed by atoms with E-state index in [4.69, 9.17) is 4.74 Å². The van der Waals surface area contributed by atoms with Crippen molar-refractivity contribution in [2.75, 3.05) is 33.4 Å². The molecular weight excluding hydrogens is 276 g/mol. The molecule has 1 aromatic rings. The first-order valence-corrected chi connectivity index (χ1v) is 8.20.